The number of carbonyl (C=O) groups is 1. The summed E-state index contributed by atoms with van der Waals surface area (Å²) in [6.07, 6.45) is 2.95. The summed E-state index contributed by atoms with van der Waals surface area (Å²) in [6, 6.07) is 18.5. The first-order chi connectivity index (χ1) is 19.5. The number of allylic oxidation sites excluding steroid dienone is 1. The Balaban J connectivity index is 1.24. The fourth-order valence-electron chi connectivity index (χ4n) is 4.40. The standard InChI is InChI=1S/C29H28N4O6S/c34-16-19-5-7-20(8-6-19)17-38-28-14-21(24-18-40-26-4-2-1-3-23(24)26)13-25(39-28)29(35)31-12-11-30-27-10-9-22(15-32-27)33(36)37/h1-10,13,15,18,21,28,34H,11-12,14,16-17H2,(H,30,32)(H,31,35)/t21-,28+/m0/s1. The zero-order valence-electron chi connectivity index (χ0n) is 21.5. The molecule has 0 fully saturated rings. The van der Waals surface area contributed by atoms with Gasteiger partial charge in [0, 0.05) is 36.2 Å². The number of nitro groups is 1. The quantitative estimate of drug-likeness (QED) is 0.135. The first-order valence-corrected chi connectivity index (χ1v) is 13.7. The molecule has 2 aromatic carbocycles. The summed E-state index contributed by atoms with van der Waals surface area (Å²) in [5.74, 6) is 0.233. The van der Waals surface area contributed by atoms with Crippen molar-refractivity contribution in [2.45, 2.75) is 31.8 Å². The minimum absolute atomic E-state index is 0.0215. The van der Waals surface area contributed by atoms with Gasteiger partial charge in [-0.25, -0.2) is 4.98 Å². The lowest BCUT2D eigenvalue weighted by atomic mass is 9.92. The monoisotopic (exact) mass is 560 g/mol. The Morgan fingerprint density at radius 1 is 1.12 bits per heavy atom. The fourth-order valence-corrected chi connectivity index (χ4v) is 5.43. The molecule has 3 heterocycles. The van der Waals surface area contributed by atoms with E-state index in [0.29, 0.717) is 25.4 Å². The second-order valence-electron chi connectivity index (χ2n) is 9.23. The van der Waals surface area contributed by atoms with Crippen LogP contribution in [0, 0.1) is 10.1 Å². The average Bonchev–Trinajstić information content (AvgIpc) is 3.43. The highest BCUT2D eigenvalue weighted by molar-refractivity contribution is 7.17. The Hall–Kier alpha value is -4.32. The SMILES string of the molecule is O=C(NCCNc1ccc([N+](=O)[O-])cn1)C1=C[C@H](c2csc3ccccc23)C[C@H](OCc2ccc(CO)cc2)O1. The first-order valence-electron chi connectivity index (χ1n) is 12.8. The second-order valence-corrected chi connectivity index (χ2v) is 10.1. The van der Waals surface area contributed by atoms with E-state index in [0.717, 1.165) is 22.1 Å². The highest BCUT2D eigenvalue weighted by Gasteiger charge is 2.30. The van der Waals surface area contributed by atoms with Gasteiger partial charge in [-0.2, -0.15) is 0 Å². The molecule has 1 amide bonds. The zero-order valence-corrected chi connectivity index (χ0v) is 22.3. The zero-order chi connectivity index (χ0) is 27.9. The molecule has 0 bridgehead atoms. The molecule has 4 aromatic rings. The number of benzene rings is 2. The van der Waals surface area contributed by atoms with Gasteiger partial charge in [-0.05, 0) is 45.7 Å². The predicted molar refractivity (Wildman–Crippen MR) is 152 cm³/mol. The Morgan fingerprint density at radius 2 is 1.93 bits per heavy atom. The van der Waals surface area contributed by atoms with Gasteiger partial charge < -0.3 is 25.2 Å². The van der Waals surface area contributed by atoms with Crippen molar-refractivity contribution in [1.82, 2.24) is 10.3 Å². The van der Waals surface area contributed by atoms with Crippen molar-refractivity contribution in [1.29, 1.82) is 0 Å². The maximum Gasteiger partial charge on any atom is 0.287 e. The van der Waals surface area contributed by atoms with E-state index in [-0.39, 0.29) is 36.4 Å². The minimum Gasteiger partial charge on any atom is -0.459 e. The summed E-state index contributed by atoms with van der Waals surface area (Å²) in [6.45, 7) is 0.931. The third-order valence-corrected chi connectivity index (χ3v) is 7.49. The van der Waals surface area contributed by atoms with Crippen LogP contribution in [0.2, 0.25) is 0 Å². The van der Waals surface area contributed by atoms with Crippen molar-refractivity contribution >= 4 is 38.8 Å². The van der Waals surface area contributed by atoms with Crippen LogP contribution in [0.25, 0.3) is 10.1 Å². The number of amides is 1. The lowest BCUT2D eigenvalue weighted by Gasteiger charge is -2.29. The Bertz CT molecular complexity index is 1500. The van der Waals surface area contributed by atoms with Crippen LogP contribution in [-0.4, -0.2) is 40.3 Å². The molecule has 0 saturated carbocycles. The normalized spacial score (nSPS) is 16.7. The summed E-state index contributed by atoms with van der Waals surface area (Å²) in [4.78, 5) is 27.4. The van der Waals surface area contributed by atoms with Crippen LogP contribution in [-0.2, 0) is 27.5 Å². The van der Waals surface area contributed by atoms with Crippen LogP contribution >= 0.6 is 11.3 Å². The maximum atomic E-state index is 13.1. The molecule has 0 saturated heterocycles. The van der Waals surface area contributed by atoms with Crippen LogP contribution in [0.5, 0.6) is 0 Å². The smallest absolute Gasteiger partial charge is 0.287 e. The van der Waals surface area contributed by atoms with Gasteiger partial charge in [-0.15, -0.1) is 11.3 Å². The van der Waals surface area contributed by atoms with E-state index < -0.39 is 11.2 Å². The van der Waals surface area contributed by atoms with Gasteiger partial charge in [-0.1, -0.05) is 42.5 Å². The van der Waals surface area contributed by atoms with E-state index in [9.17, 15) is 20.0 Å². The number of aliphatic hydroxyl groups excluding tert-OH is 1. The number of hydrogen-bond acceptors (Lipinski definition) is 9. The van der Waals surface area contributed by atoms with Crippen molar-refractivity contribution in [3.05, 3.63) is 111 Å². The van der Waals surface area contributed by atoms with Gasteiger partial charge in [0.25, 0.3) is 11.6 Å². The minimum atomic E-state index is -0.630. The summed E-state index contributed by atoms with van der Waals surface area (Å²) in [7, 11) is 0. The number of hydrogen-bond donors (Lipinski definition) is 3. The molecule has 2 atom stereocenters. The second kappa shape index (κ2) is 12.7. The van der Waals surface area contributed by atoms with Crippen molar-refractivity contribution < 1.29 is 24.3 Å². The number of pyridine rings is 1. The van der Waals surface area contributed by atoms with Gasteiger partial charge in [-0.3, -0.25) is 14.9 Å². The van der Waals surface area contributed by atoms with Crippen molar-refractivity contribution in [2.75, 3.05) is 18.4 Å². The molecule has 5 rings (SSSR count). The van der Waals surface area contributed by atoms with Crippen LogP contribution < -0.4 is 10.6 Å². The number of aromatic nitrogens is 1. The Labute approximate surface area is 234 Å². The Morgan fingerprint density at radius 3 is 2.67 bits per heavy atom. The number of anilines is 1. The molecule has 10 nitrogen and oxygen atoms in total. The van der Waals surface area contributed by atoms with Gasteiger partial charge in [0.05, 0.1) is 18.1 Å². The molecule has 0 radical (unpaired) electrons. The average molecular weight is 561 g/mol. The van der Waals surface area contributed by atoms with Gasteiger partial charge in [0.1, 0.15) is 12.0 Å². The van der Waals surface area contributed by atoms with E-state index in [4.69, 9.17) is 9.47 Å². The number of ether oxygens (including phenoxy) is 2. The van der Waals surface area contributed by atoms with Gasteiger partial charge >= 0.3 is 0 Å². The number of nitrogens with one attached hydrogen (secondary N) is 2. The summed E-state index contributed by atoms with van der Waals surface area (Å²) < 4.78 is 13.3. The largest absolute Gasteiger partial charge is 0.459 e. The molecule has 206 valence electrons. The van der Waals surface area contributed by atoms with E-state index in [2.05, 4.69) is 33.1 Å². The third-order valence-electron chi connectivity index (χ3n) is 6.51. The molecule has 1 aliphatic rings. The fraction of sp³-hybridized carbons (Fsp3) is 0.241. The summed E-state index contributed by atoms with van der Waals surface area (Å²) >= 11 is 1.67. The highest BCUT2D eigenvalue weighted by atomic mass is 32.1. The third kappa shape index (κ3) is 6.63. The number of thiophene rings is 1. The molecule has 0 aliphatic carbocycles. The van der Waals surface area contributed by atoms with Crippen LogP contribution in [0.3, 0.4) is 0 Å². The van der Waals surface area contributed by atoms with Crippen molar-refractivity contribution in [3.63, 3.8) is 0 Å². The molecule has 3 N–H and O–H groups in total. The molecule has 40 heavy (non-hydrogen) atoms. The number of fused-ring (bicyclic) bond motifs is 1. The summed E-state index contributed by atoms with van der Waals surface area (Å²) in [5, 5.41) is 29.2. The van der Waals surface area contributed by atoms with Crippen molar-refractivity contribution in [2.24, 2.45) is 0 Å². The molecule has 11 heteroatoms. The van der Waals surface area contributed by atoms with Crippen LogP contribution in [0.15, 0.2) is 84.1 Å². The molecular weight excluding hydrogens is 532 g/mol. The van der Waals surface area contributed by atoms with E-state index in [1.807, 2.05) is 42.5 Å². The molecule has 1 aliphatic heterocycles. The molecule has 2 aromatic heterocycles. The maximum absolute atomic E-state index is 13.1. The number of carbonyl (C=O) groups excluding carboxylic acids is 1. The molecule has 0 unspecified atom stereocenters. The molecule has 0 spiro atoms. The topological polar surface area (TPSA) is 136 Å². The Kier molecular flexibility index (Phi) is 8.65. The number of nitrogens with zero attached hydrogens (tertiary/aromatic N) is 2. The predicted octanol–water partition coefficient (Wildman–Crippen LogP) is 4.86. The van der Waals surface area contributed by atoms with Gasteiger partial charge in [0.15, 0.2) is 5.76 Å². The number of rotatable bonds is 11. The van der Waals surface area contributed by atoms with Gasteiger partial charge in [0.2, 0.25) is 6.29 Å². The van der Waals surface area contributed by atoms with Crippen LogP contribution in [0.4, 0.5) is 11.5 Å². The lowest BCUT2D eigenvalue weighted by molar-refractivity contribution is -0.385. The van der Waals surface area contributed by atoms with Crippen LogP contribution in [0.1, 0.15) is 29.0 Å². The van der Waals surface area contributed by atoms with E-state index in [1.165, 1.54) is 23.0 Å². The lowest BCUT2D eigenvalue weighted by Crippen LogP contribution is -2.35. The van der Waals surface area contributed by atoms with Crippen molar-refractivity contribution in [3.8, 4) is 0 Å². The highest BCUT2D eigenvalue weighted by Crippen LogP contribution is 2.38. The number of aliphatic hydroxyl groups is 1. The molecular formula is C29H28N4O6S. The first kappa shape index (κ1) is 27.3. The van der Waals surface area contributed by atoms with E-state index >= 15 is 0 Å². The van der Waals surface area contributed by atoms with E-state index in [1.54, 1.807) is 11.3 Å². The summed E-state index contributed by atoms with van der Waals surface area (Å²) in [5.41, 5.74) is 2.79.